The summed E-state index contributed by atoms with van der Waals surface area (Å²) >= 11 is 7.41. The van der Waals surface area contributed by atoms with Crippen molar-refractivity contribution in [1.82, 2.24) is 10.2 Å². The molecule has 5 heteroatoms. The second-order valence-electron chi connectivity index (χ2n) is 4.40. The van der Waals surface area contributed by atoms with Gasteiger partial charge in [0.25, 0.3) is 0 Å². The van der Waals surface area contributed by atoms with Gasteiger partial charge >= 0.3 is 0 Å². The molecule has 94 valence electrons. The minimum Gasteiger partial charge on any atom is -0.339 e. The molecule has 17 heavy (non-hydrogen) atoms. The van der Waals surface area contributed by atoms with Crippen molar-refractivity contribution >= 4 is 28.8 Å². The Morgan fingerprint density at radius 1 is 1.59 bits per heavy atom. The van der Waals surface area contributed by atoms with Crippen molar-refractivity contribution in [2.24, 2.45) is 0 Å². The van der Waals surface area contributed by atoms with Crippen LogP contribution in [0.15, 0.2) is 12.1 Å². The number of carbonyl (C=O) groups excluding carboxylic acids is 1. The summed E-state index contributed by atoms with van der Waals surface area (Å²) in [6.07, 6.45) is 3.27. The molecule has 0 aliphatic carbocycles. The van der Waals surface area contributed by atoms with Crippen molar-refractivity contribution in [2.45, 2.75) is 31.8 Å². The summed E-state index contributed by atoms with van der Waals surface area (Å²) in [7, 11) is 1.85. The SMILES string of the molecule is CN(Cc1ccc(Cl)s1)C(=O)[C@@H]1CCCCN1. The van der Waals surface area contributed by atoms with Gasteiger partial charge in [0.05, 0.1) is 16.9 Å². The molecule has 1 fully saturated rings. The lowest BCUT2D eigenvalue weighted by Gasteiger charge is -2.27. The number of thiophene rings is 1. The first-order valence-electron chi connectivity index (χ1n) is 5.89. The van der Waals surface area contributed by atoms with Crippen molar-refractivity contribution in [3.8, 4) is 0 Å². The van der Waals surface area contributed by atoms with Crippen LogP contribution in [0.25, 0.3) is 0 Å². The van der Waals surface area contributed by atoms with Crippen LogP contribution in [0.4, 0.5) is 0 Å². The fourth-order valence-electron chi connectivity index (χ4n) is 2.08. The van der Waals surface area contributed by atoms with E-state index in [4.69, 9.17) is 11.6 Å². The van der Waals surface area contributed by atoms with Crippen molar-refractivity contribution in [3.63, 3.8) is 0 Å². The Morgan fingerprint density at radius 3 is 3.00 bits per heavy atom. The second-order valence-corrected chi connectivity index (χ2v) is 6.20. The molecule has 0 unspecified atom stereocenters. The summed E-state index contributed by atoms with van der Waals surface area (Å²) in [5.74, 6) is 0.189. The van der Waals surface area contributed by atoms with E-state index in [1.54, 1.807) is 4.90 Å². The van der Waals surface area contributed by atoms with Gasteiger partial charge in [0.1, 0.15) is 0 Å². The number of nitrogens with zero attached hydrogens (tertiary/aromatic N) is 1. The van der Waals surface area contributed by atoms with Crippen LogP contribution < -0.4 is 5.32 Å². The quantitative estimate of drug-likeness (QED) is 0.917. The monoisotopic (exact) mass is 272 g/mol. The van der Waals surface area contributed by atoms with E-state index in [0.717, 1.165) is 28.6 Å². The van der Waals surface area contributed by atoms with E-state index >= 15 is 0 Å². The van der Waals surface area contributed by atoms with E-state index in [1.165, 1.54) is 17.8 Å². The molecule has 1 aliphatic rings. The maximum Gasteiger partial charge on any atom is 0.239 e. The predicted octanol–water partition coefficient (Wildman–Crippen LogP) is 2.50. The predicted molar refractivity (Wildman–Crippen MR) is 71.4 cm³/mol. The average molecular weight is 273 g/mol. The molecule has 1 aromatic heterocycles. The largest absolute Gasteiger partial charge is 0.339 e. The maximum atomic E-state index is 12.1. The van der Waals surface area contributed by atoms with E-state index in [2.05, 4.69) is 5.32 Å². The van der Waals surface area contributed by atoms with E-state index in [0.29, 0.717) is 6.54 Å². The third-order valence-corrected chi connectivity index (χ3v) is 4.22. The lowest BCUT2D eigenvalue weighted by molar-refractivity contribution is -0.133. The molecule has 1 amide bonds. The van der Waals surface area contributed by atoms with Gasteiger partial charge in [0, 0.05) is 11.9 Å². The van der Waals surface area contributed by atoms with Gasteiger partial charge in [-0.05, 0) is 31.5 Å². The number of nitrogens with one attached hydrogen (secondary N) is 1. The van der Waals surface area contributed by atoms with E-state index < -0.39 is 0 Å². The number of carbonyl (C=O) groups is 1. The summed E-state index contributed by atoms with van der Waals surface area (Å²) in [5.41, 5.74) is 0. The smallest absolute Gasteiger partial charge is 0.239 e. The van der Waals surface area contributed by atoms with Crippen molar-refractivity contribution in [2.75, 3.05) is 13.6 Å². The van der Waals surface area contributed by atoms with Gasteiger partial charge in [-0.15, -0.1) is 11.3 Å². The van der Waals surface area contributed by atoms with Gasteiger partial charge in [-0.2, -0.15) is 0 Å². The van der Waals surface area contributed by atoms with Crippen LogP contribution in [-0.2, 0) is 11.3 Å². The molecular weight excluding hydrogens is 256 g/mol. The zero-order chi connectivity index (χ0) is 12.3. The maximum absolute atomic E-state index is 12.1. The van der Waals surface area contributed by atoms with Gasteiger partial charge in [-0.3, -0.25) is 4.79 Å². The zero-order valence-electron chi connectivity index (χ0n) is 9.91. The molecule has 2 rings (SSSR count). The van der Waals surface area contributed by atoms with Crippen LogP contribution in [0.3, 0.4) is 0 Å². The Kier molecular flexibility index (Phi) is 4.42. The highest BCUT2D eigenvalue weighted by molar-refractivity contribution is 7.16. The Labute approximate surface area is 111 Å². The first-order valence-corrected chi connectivity index (χ1v) is 7.09. The van der Waals surface area contributed by atoms with Crippen LogP contribution in [0.1, 0.15) is 24.1 Å². The standard InChI is InChI=1S/C12H17ClN2OS/c1-15(8-9-5-6-11(13)17-9)12(16)10-4-2-3-7-14-10/h5-6,10,14H,2-4,7-8H2,1H3/t10-/m0/s1. The molecule has 3 nitrogen and oxygen atoms in total. The van der Waals surface area contributed by atoms with Crippen LogP contribution >= 0.6 is 22.9 Å². The molecule has 0 saturated carbocycles. The fraction of sp³-hybridized carbons (Fsp3) is 0.583. The lowest BCUT2D eigenvalue weighted by Crippen LogP contribution is -2.46. The van der Waals surface area contributed by atoms with Crippen LogP contribution in [0, 0.1) is 0 Å². The van der Waals surface area contributed by atoms with Gasteiger partial charge in [0.15, 0.2) is 0 Å². The van der Waals surface area contributed by atoms with E-state index in [9.17, 15) is 4.79 Å². The number of piperidine rings is 1. The Bertz CT molecular complexity index is 388. The topological polar surface area (TPSA) is 32.3 Å². The molecule has 2 heterocycles. The summed E-state index contributed by atoms with van der Waals surface area (Å²) in [6.45, 7) is 1.60. The van der Waals surface area contributed by atoms with Crippen molar-refractivity contribution in [1.29, 1.82) is 0 Å². The number of halogens is 1. The minimum absolute atomic E-state index is 0.00387. The molecule has 1 aliphatic heterocycles. The molecule has 1 saturated heterocycles. The minimum atomic E-state index is 0.00387. The molecule has 1 aromatic rings. The number of rotatable bonds is 3. The van der Waals surface area contributed by atoms with E-state index in [-0.39, 0.29) is 11.9 Å². The summed E-state index contributed by atoms with van der Waals surface area (Å²) in [4.78, 5) is 15.1. The zero-order valence-corrected chi connectivity index (χ0v) is 11.5. The number of amides is 1. The van der Waals surface area contributed by atoms with E-state index in [1.807, 2.05) is 19.2 Å². The Balaban J connectivity index is 1.90. The molecule has 0 bridgehead atoms. The molecule has 1 atom stereocenters. The Hall–Kier alpha value is -0.580. The number of hydrogen-bond donors (Lipinski definition) is 1. The fourth-order valence-corrected chi connectivity index (χ4v) is 3.22. The average Bonchev–Trinajstić information content (AvgIpc) is 2.75. The molecular formula is C12H17ClN2OS. The number of hydrogen-bond acceptors (Lipinski definition) is 3. The van der Waals surface area contributed by atoms with Crippen LogP contribution in [0.5, 0.6) is 0 Å². The van der Waals surface area contributed by atoms with Crippen LogP contribution in [-0.4, -0.2) is 30.4 Å². The van der Waals surface area contributed by atoms with Gasteiger partial charge < -0.3 is 10.2 Å². The third-order valence-electron chi connectivity index (χ3n) is 3.01. The van der Waals surface area contributed by atoms with Crippen molar-refractivity contribution < 1.29 is 4.79 Å². The summed E-state index contributed by atoms with van der Waals surface area (Å²) < 4.78 is 0.775. The van der Waals surface area contributed by atoms with Crippen LogP contribution in [0.2, 0.25) is 4.34 Å². The molecule has 0 spiro atoms. The highest BCUT2D eigenvalue weighted by atomic mass is 35.5. The summed E-state index contributed by atoms with van der Waals surface area (Å²) in [6, 6.07) is 3.85. The Morgan fingerprint density at radius 2 is 2.41 bits per heavy atom. The van der Waals surface area contributed by atoms with Gasteiger partial charge in [-0.1, -0.05) is 18.0 Å². The normalized spacial score (nSPS) is 20.2. The van der Waals surface area contributed by atoms with Crippen molar-refractivity contribution in [3.05, 3.63) is 21.3 Å². The van der Waals surface area contributed by atoms with Gasteiger partial charge in [-0.25, -0.2) is 0 Å². The lowest BCUT2D eigenvalue weighted by atomic mass is 10.0. The third kappa shape index (κ3) is 3.44. The molecule has 1 N–H and O–H groups in total. The molecule has 0 aromatic carbocycles. The number of likely N-dealkylation sites (N-methyl/N-ethyl adjacent to an activating group) is 1. The highest BCUT2D eigenvalue weighted by Gasteiger charge is 2.23. The van der Waals surface area contributed by atoms with Gasteiger partial charge in [0.2, 0.25) is 5.91 Å². The highest BCUT2D eigenvalue weighted by Crippen LogP contribution is 2.22. The summed E-state index contributed by atoms with van der Waals surface area (Å²) in [5, 5.41) is 3.28. The first-order chi connectivity index (χ1) is 8.16. The first kappa shape index (κ1) is 12.9. The second kappa shape index (κ2) is 5.85. The molecule has 0 radical (unpaired) electrons.